The first-order valence-corrected chi connectivity index (χ1v) is 6.33. The van der Waals surface area contributed by atoms with E-state index in [1.54, 1.807) is 0 Å². The molecular formula is C13H18N4. The number of para-hydroxylation sites is 1. The zero-order chi connectivity index (χ0) is 11.7. The summed E-state index contributed by atoms with van der Waals surface area (Å²) >= 11 is 0. The number of hydrogen-bond acceptors (Lipinski definition) is 3. The average molecular weight is 230 g/mol. The fourth-order valence-corrected chi connectivity index (χ4v) is 2.41. The maximum atomic E-state index is 4.23. The Kier molecular flexibility index (Phi) is 2.81. The van der Waals surface area contributed by atoms with Crippen molar-refractivity contribution in [3.05, 3.63) is 24.3 Å². The highest BCUT2D eigenvalue weighted by Crippen LogP contribution is 2.17. The summed E-state index contributed by atoms with van der Waals surface area (Å²) in [5.41, 5.74) is 2.11. The van der Waals surface area contributed by atoms with Gasteiger partial charge >= 0.3 is 0 Å². The summed E-state index contributed by atoms with van der Waals surface area (Å²) in [5.74, 6) is 0.874. The predicted octanol–water partition coefficient (Wildman–Crippen LogP) is 2.12. The van der Waals surface area contributed by atoms with Crippen molar-refractivity contribution in [3.63, 3.8) is 0 Å². The SMILES string of the molecule is CC1CCN(Cn2nnc3ccccc32)CC1. The van der Waals surface area contributed by atoms with Crippen molar-refractivity contribution in [2.45, 2.75) is 26.4 Å². The monoisotopic (exact) mass is 230 g/mol. The van der Waals surface area contributed by atoms with Crippen molar-refractivity contribution >= 4 is 11.0 Å². The molecule has 4 nitrogen and oxygen atoms in total. The minimum Gasteiger partial charge on any atom is -0.284 e. The molecule has 1 aromatic heterocycles. The normalized spacial score (nSPS) is 18.9. The van der Waals surface area contributed by atoms with E-state index in [2.05, 4.69) is 28.2 Å². The Morgan fingerprint density at radius 2 is 2.00 bits per heavy atom. The molecule has 0 bridgehead atoms. The summed E-state index contributed by atoms with van der Waals surface area (Å²) in [5, 5.41) is 8.42. The second-order valence-electron chi connectivity index (χ2n) is 5.02. The van der Waals surface area contributed by atoms with E-state index < -0.39 is 0 Å². The average Bonchev–Trinajstić information content (AvgIpc) is 2.76. The molecule has 0 unspecified atom stereocenters. The van der Waals surface area contributed by atoms with Crippen LogP contribution in [0.2, 0.25) is 0 Å². The number of aromatic nitrogens is 3. The van der Waals surface area contributed by atoms with Crippen LogP contribution >= 0.6 is 0 Å². The highest BCUT2D eigenvalue weighted by atomic mass is 15.5. The molecule has 0 N–H and O–H groups in total. The van der Waals surface area contributed by atoms with Crippen molar-refractivity contribution in [1.29, 1.82) is 0 Å². The van der Waals surface area contributed by atoms with E-state index in [1.807, 2.05) is 22.9 Å². The lowest BCUT2D eigenvalue weighted by atomic mass is 10.00. The summed E-state index contributed by atoms with van der Waals surface area (Å²) in [6, 6.07) is 8.14. The fraction of sp³-hybridized carbons (Fsp3) is 0.538. The second kappa shape index (κ2) is 4.45. The zero-order valence-electron chi connectivity index (χ0n) is 10.2. The van der Waals surface area contributed by atoms with Crippen LogP contribution in [0.4, 0.5) is 0 Å². The Morgan fingerprint density at radius 1 is 1.24 bits per heavy atom. The van der Waals surface area contributed by atoms with Crippen molar-refractivity contribution in [1.82, 2.24) is 19.9 Å². The Labute approximate surface area is 101 Å². The quantitative estimate of drug-likeness (QED) is 0.792. The smallest absolute Gasteiger partial charge is 0.113 e. The van der Waals surface area contributed by atoms with Gasteiger partial charge in [0.2, 0.25) is 0 Å². The number of fused-ring (bicyclic) bond motifs is 1. The molecule has 0 spiro atoms. The molecule has 2 heterocycles. The molecule has 1 fully saturated rings. The Balaban J connectivity index is 1.76. The first-order chi connectivity index (χ1) is 8.33. The van der Waals surface area contributed by atoms with Gasteiger partial charge in [0.15, 0.2) is 0 Å². The fourth-order valence-electron chi connectivity index (χ4n) is 2.41. The summed E-state index contributed by atoms with van der Waals surface area (Å²) in [7, 11) is 0. The number of rotatable bonds is 2. The van der Waals surface area contributed by atoms with E-state index in [9.17, 15) is 0 Å². The second-order valence-corrected chi connectivity index (χ2v) is 5.02. The Hall–Kier alpha value is -1.42. The molecule has 0 amide bonds. The number of benzene rings is 1. The summed E-state index contributed by atoms with van der Waals surface area (Å²) in [4.78, 5) is 2.46. The minimum absolute atomic E-state index is 0.868. The maximum Gasteiger partial charge on any atom is 0.113 e. The van der Waals surface area contributed by atoms with Crippen LogP contribution in [0.3, 0.4) is 0 Å². The van der Waals surface area contributed by atoms with Gasteiger partial charge in [-0.3, -0.25) is 4.90 Å². The maximum absolute atomic E-state index is 4.23. The van der Waals surface area contributed by atoms with Gasteiger partial charge in [0.1, 0.15) is 5.52 Å². The Morgan fingerprint density at radius 3 is 2.82 bits per heavy atom. The summed E-state index contributed by atoms with van der Waals surface area (Å²) in [6.07, 6.45) is 2.60. The van der Waals surface area contributed by atoms with E-state index in [0.29, 0.717) is 0 Å². The highest BCUT2D eigenvalue weighted by molar-refractivity contribution is 5.73. The van der Waals surface area contributed by atoms with Crippen LogP contribution < -0.4 is 0 Å². The van der Waals surface area contributed by atoms with Gasteiger partial charge in [-0.05, 0) is 30.9 Å². The van der Waals surface area contributed by atoms with Crippen LogP contribution in [0.5, 0.6) is 0 Å². The first-order valence-electron chi connectivity index (χ1n) is 6.33. The van der Waals surface area contributed by atoms with Crippen LogP contribution in [0.15, 0.2) is 24.3 Å². The Bertz CT molecular complexity index is 497. The third-order valence-electron chi connectivity index (χ3n) is 3.63. The number of nitrogens with zero attached hydrogens (tertiary/aromatic N) is 4. The molecule has 17 heavy (non-hydrogen) atoms. The highest BCUT2D eigenvalue weighted by Gasteiger charge is 2.16. The molecular weight excluding hydrogens is 212 g/mol. The molecule has 2 aromatic rings. The zero-order valence-corrected chi connectivity index (χ0v) is 10.2. The largest absolute Gasteiger partial charge is 0.284 e. The molecule has 3 rings (SSSR count). The lowest BCUT2D eigenvalue weighted by Gasteiger charge is -2.29. The molecule has 0 radical (unpaired) electrons. The number of hydrogen-bond donors (Lipinski definition) is 0. The molecule has 1 aliphatic heterocycles. The van der Waals surface area contributed by atoms with E-state index >= 15 is 0 Å². The number of likely N-dealkylation sites (tertiary alicyclic amines) is 1. The van der Waals surface area contributed by atoms with Crippen molar-refractivity contribution in [3.8, 4) is 0 Å². The molecule has 0 saturated carbocycles. The van der Waals surface area contributed by atoms with Crippen LogP contribution in [0.1, 0.15) is 19.8 Å². The van der Waals surface area contributed by atoms with Crippen LogP contribution in [-0.4, -0.2) is 33.0 Å². The van der Waals surface area contributed by atoms with Crippen LogP contribution in [0.25, 0.3) is 11.0 Å². The minimum atomic E-state index is 0.868. The summed E-state index contributed by atoms with van der Waals surface area (Å²) < 4.78 is 2.01. The van der Waals surface area contributed by atoms with E-state index in [0.717, 1.165) is 23.6 Å². The van der Waals surface area contributed by atoms with Gasteiger partial charge < -0.3 is 0 Å². The third kappa shape index (κ3) is 2.17. The summed E-state index contributed by atoms with van der Waals surface area (Å²) in [6.45, 7) is 5.56. The van der Waals surface area contributed by atoms with Gasteiger partial charge in [-0.25, -0.2) is 4.68 Å². The van der Waals surface area contributed by atoms with Crippen LogP contribution in [-0.2, 0) is 6.67 Å². The van der Waals surface area contributed by atoms with E-state index in [1.165, 1.54) is 25.9 Å². The molecule has 0 aliphatic carbocycles. The number of piperidine rings is 1. The molecule has 1 aromatic carbocycles. The lowest BCUT2D eigenvalue weighted by molar-refractivity contribution is 0.148. The predicted molar refractivity (Wildman–Crippen MR) is 67.5 cm³/mol. The van der Waals surface area contributed by atoms with Gasteiger partial charge in [0, 0.05) is 13.1 Å². The van der Waals surface area contributed by atoms with Gasteiger partial charge in [0.25, 0.3) is 0 Å². The van der Waals surface area contributed by atoms with Gasteiger partial charge in [-0.2, -0.15) is 0 Å². The van der Waals surface area contributed by atoms with Gasteiger partial charge in [-0.15, -0.1) is 5.10 Å². The molecule has 1 saturated heterocycles. The van der Waals surface area contributed by atoms with E-state index in [4.69, 9.17) is 0 Å². The van der Waals surface area contributed by atoms with Crippen molar-refractivity contribution in [2.75, 3.05) is 13.1 Å². The van der Waals surface area contributed by atoms with Crippen molar-refractivity contribution < 1.29 is 0 Å². The topological polar surface area (TPSA) is 34.0 Å². The lowest BCUT2D eigenvalue weighted by Crippen LogP contribution is -2.34. The first kappa shape index (κ1) is 10.7. The van der Waals surface area contributed by atoms with Crippen LogP contribution in [0, 0.1) is 5.92 Å². The molecule has 1 aliphatic rings. The molecule has 90 valence electrons. The van der Waals surface area contributed by atoms with E-state index in [-0.39, 0.29) is 0 Å². The van der Waals surface area contributed by atoms with Gasteiger partial charge in [-0.1, -0.05) is 24.3 Å². The molecule has 4 heteroatoms. The standard InChI is InChI=1S/C13H18N4/c1-11-6-8-16(9-7-11)10-17-13-5-3-2-4-12(13)14-15-17/h2-5,11H,6-10H2,1H3. The van der Waals surface area contributed by atoms with Gasteiger partial charge in [0.05, 0.1) is 12.2 Å². The van der Waals surface area contributed by atoms with Crippen molar-refractivity contribution in [2.24, 2.45) is 5.92 Å². The third-order valence-corrected chi connectivity index (χ3v) is 3.63. The molecule has 0 atom stereocenters.